The molecule has 0 aliphatic heterocycles. The molecule has 4 N–H and O–H groups in total. The van der Waals surface area contributed by atoms with Crippen LogP contribution in [0.25, 0.3) is 11.1 Å². The number of aryl methyl sites for hydroxylation is 2. The summed E-state index contributed by atoms with van der Waals surface area (Å²) in [5, 5.41) is 26.7. The molecule has 0 saturated heterocycles. The Hall–Kier alpha value is -3.46. The van der Waals surface area contributed by atoms with Gasteiger partial charge in [0, 0.05) is 23.1 Å². The van der Waals surface area contributed by atoms with Crippen molar-refractivity contribution >= 4 is 17.5 Å². The number of nitrogens with one attached hydrogen (secondary N) is 3. The highest BCUT2D eigenvalue weighted by Gasteiger charge is 2.35. The largest absolute Gasteiger partial charge is 0.394 e. The van der Waals surface area contributed by atoms with Gasteiger partial charge in [0.25, 0.3) is 5.91 Å². The average molecular weight is 481 g/mol. The normalized spacial score (nSPS) is 14.3. The molecule has 2 aromatic heterocycles. The number of hydrogen-bond donors (Lipinski definition) is 4. The van der Waals surface area contributed by atoms with Crippen LogP contribution >= 0.6 is 0 Å². The molecule has 3 aromatic rings. The summed E-state index contributed by atoms with van der Waals surface area (Å²) in [7, 11) is 0. The second-order valence-electron chi connectivity index (χ2n) is 10.2. The molecule has 0 fully saturated rings. The number of aliphatic hydroxyl groups is 1. The average Bonchev–Trinajstić information content (AvgIpc) is 3.43. The SMILES string of the molecule is Cc1n[nH]c(C)c1-c1ccc(NC(=O)[C@@H](NC(=O)c2ccnn2C(C)CO)C(C)C(C)(C)C)cc1. The molecule has 3 rings (SSSR count). The molecule has 2 heterocycles. The first kappa shape index (κ1) is 26.2. The zero-order valence-electron chi connectivity index (χ0n) is 21.5. The van der Waals surface area contributed by atoms with Gasteiger partial charge in [0.2, 0.25) is 5.91 Å². The van der Waals surface area contributed by atoms with Crippen LogP contribution in [-0.4, -0.2) is 49.5 Å². The third-order valence-electron chi connectivity index (χ3n) is 6.59. The van der Waals surface area contributed by atoms with Crippen LogP contribution in [0.3, 0.4) is 0 Å². The molecule has 9 nitrogen and oxygen atoms in total. The fraction of sp³-hybridized carbons (Fsp3) is 0.462. The lowest BCUT2D eigenvalue weighted by Gasteiger charge is -2.34. The molecule has 0 radical (unpaired) electrons. The number of amides is 2. The van der Waals surface area contributed by atoms with Gasteiger partial charge in [-0.1, -0.05) is 39.8 Å². The number of hydrogen-bond acceptors (Lipinski definition) is 5. The molecule has 188 valence electrons. The van der Waals surface area contributed by atoms with Crippen molar-refractivity contribution in [2.24, 2.45) is 11.3 Å². The maximum atomic E-state index is 13.4. The molecule has 1 aromatic carbocycles. The van der Waals surface area contributed by atoms with Crippen LogP contribution in [0.4, 0.5) is 5.69 Å². The molecular formula is C26H36N6O3. The Bertz CT molecular complexity index is 1150. The van der Waals surface area contributed by atoms with E-state index in [1.165, 1.54) is 10.9 Å². The standard InChI is InChI=1S/C26H36N6O3/c1-15(14-33)32-21(12-13-27-32)24(34)29-23(16(2)26(5,6)7)25(35)28-20-10-8-19(9-11-20)22-17(3)30-31-18(22)4/h8-13,15-16,23,33H,14H2,1-7H3,(H,28,35)(H,29,34)(H,30,31)/t15?,16?,23-/m0/s1. The number of carbonyl (C=O) groups excluding carboxylic acids is 2. The number of rotatable bonds is 8. The van der Waals surface area contributed by atoms with Gasteiger partial charge < -0.3 is 15.7 Å². The minimum atomic E-state index is -0.784. The van der Waals surface area contributed by atoms with E-state index in [2.05, 4.69) is 25.9 Å². The number of H-pyrrole nitrogens is 1. The Morgan fingerprint density at radius 2 is 1.77 bits per heavy atom. The van der Waals surface area contributed by atoms with E-state index < -0.39 is 11.9 Å². The Balaban J connectivity index is 1.82. The molecule has 0 saturated carbocycles. The molecule has 2 amide bonds. The first-order valence-corrected chi connectivity index (χ1v) is 11.8. The van der Waals surface area contributed by atoms with E-state index in [0.29, 0.717) is 11.4 Å². The van der Waals surface area contributed by atoms with Crippen LogP contribution < -0.4 is 10.6 Å². The molecule has 0 aliphatic carbocycles. The van der Waals surface area contributed by atoms with Gasteiger partial charge in [-0.05, 0) is 55.9 Å². The summed E-state index contributed by atoms with van der Waals surface area (Å²) in [6.45, 7) is 13.6. The Morgan fingerprint density at radius 1 is 1.11 bits per heavy atom. The zero-order chi connectivity index (χ0) is 25.9. The first-order chi connectivity index (χ1) is 16.4. The van der Waals surface area contributed by atoms with Crippen molar-refractivity contribution in [3.05, 3.63) is 53.6 Å². The highest BCUT2D eigenvalue weighted by atomic mass is 16.3. The maximum absolute atomic E-state index is 13.4. The topological polar surface area (TPSA) is 125 Å². The minimum absolute atomic E-state index is 0.155. The Morgan fingerprint density at radius 3 is 2.31 bits per heavy atom. The molecule has 0 aliphatic rings. The van der Waals surface area contributed by atoms with Crippen molar-refractivity contribution in [3.8, 4) is 11.1 Å². The van der Waals surface area contributed by atoms with Crippen molar-refractivity contribution in [2.75, 3.05) is 11.9 Å². The lowest BCUT2D eigenvalue weighted by molar-refractivity contribution is -0.120. The molecule has 3 atom stereocenters. The van der Waals surface area contributed by atoms with Crippen LogP contribution in [-0.2, 0) is 4.79 Å². The second kappa shape index (κ2) is 10.4. The van der Waals surface area contributed by atoms with Gasteiger partial charge in [-0.3, -0.25) is 19.4 Å². The number of carbonyl (C=O) groups is 2. The fourth-order valence-electron chi connectivity index (χ4n) is 3.97. The summed E-state index contributed by atoms with van der Waals surface area (Å²) in [6.07, 6.45) is 1.51. The van der Waals surface area contributed by atoms with Gasteiger partial charge in [0.1, 0.15) is 11.7 Å². The van der Waals surface area contributed by atoms with Crippen LogP contribution in [0.15, 0.2) is 36.5 Å². The van der Waals surface area contributed by atoms with Crippen LogP contribution in [0.2, 0.25) is 0 Å². The predicted octanol–water partition coefficient (Wildman–Crippen LogP) is 3.86. The second-order valence-corrected chi connectivity index (χ2v) is 10.2. The van der Waals surface area contributed by atoms with Crippen molar-refractivity contribution in [3.63, 3.8) is 0 Å². The molecule has 35 heavy (non-hydrogen) atoms. The summed E-state index contributed by atoms with van der Waals surface area (Å²) >= 11 is 0. The van der Waals surface area contributed by atoms with Crippen LogP contribution in [0.1, 0.15) is 62.5 Å². The zero-order valence-corrected chi connectivity index (χ0v) is 21.5. The minimum Gasteiger partial charge on any atom is -0.394 e. The molecule has 9 heteroatoms. The maximum Gasteiger partial charge on any atom is 0.270 e. The fourth-order valence-corrected chi connectivity index (χ4v) is 3.97. The van der Waals surface area contributed by atoms with Crippen LogP contribution in [0, 0.1) is 25.2 Å². The van der Waals surface area contributed by atoms with Crippen LogP contribution in [0.5, 0.6) is 0 Å². The van der Waals surface area contributed by atoms with Crippen molar-refractivity contribution in [1.29, 1.82) is 0 Å². The highest BCUT2D eigenvalue weighted by Crippen LogP contribution is 2.30. The summed E-state index contributed by atoms with van der Waals surface area (Å²) in [5.41, 5.74) is 4.63. The van der Waals surface area contributed by atoms with Gasteiger partial charge in [-0.2, -0.15) is 10.2 Å². The number of anilines is 1. The van der Waals surface area contributed by atoms with E-state index in [-0.39, 0.29) is 29.9 Å². The number of aromatic nitrogens is 4. The number of aliphatic hydroxyl groups excluding tert-OH is 1. The molecular weight excluding hydrogens is 444 g/mol. The van der Waals surface area contributed by atoms with E-state index in [1.807, 2.05) is 65.8 Å². The molecule has 2 unspecified atom stereocenters. The van der Waals surface area contributed by atoms with E-state index in [9.17, 15) is 14.7 Å². The summed E-state index contributed by atoms with van der Waals surface area (Å²) in [5.74, 6) is -0.889. The van der Waals surface area contributed by atoms with E-state index >= 15 is 0 Å². The van der Waals surface area contributed by atoms with Crippen molar-refractivity contribution in [2.45, 2.75) is 60.5 Å². The predicted molar refractivity (Wildman–Crippen MR) is 136 cm³/mol. The lowest BCUT2D eigenvalue weighted by atomic mass is 9.77. The van der Waals surface area contributed by atoms with Gasteiger partial charge >= 0.3 is 0 Å². The highest BCUT2D eigenvalue weighted by molar-refractivity contribution is 6.00. The summed E-state index contributed by atoms with van der Waals surface area (Å²) in [6, 6.07) is 8.01. The monoisotopic (exact) mass is 480 g/mol. The number of aromatic amines is 1. The van der Waals surface area contributed by atoms with Gasteiger partial charge in [-0.25, -0.2) is 0 Å². The van der Waals surface area contributed by atoms with Gasteiger partial charge in [0.05, 0.1) is 18.3 Å². The van der Waals surface area contributed by atoms with E-state index in [4.69, 9.17) is 0 Å². The quantitative estimate of drug-likeness (QED) is 0.390. The number of benzene rings is 1. The third kappa shape index (κ3) is 5.79. The summed E-state index contributed by atoms with van der Waals surface area (Å²) < 4.78 is 1.46. The smallest absolute Gasteiger partial charge is 0.270 e. The molecule has 0 spiro atoms. The van der Waals surface area contributed by atoms with E-state index in [1.54, 1.807) is 13.0 Å². The molecule has 0 bridgehead atoms. The lowest BCUT2D eigenvalue weighted by Crippen LogP contribution is -2.51. The van der Waals surface area contributed by atoms with Gasteiger partial charge in [-0.15, -0.1) is 0 Å². The number of nitrogens with zero attached hydrogens (tertiary/aromatic N) is 3. The Labute approximate surface area is 206 Å². The van der Waals surface area contributed by atoms with Crippen molar-refractivity contribution in [1.82, 2.24) is 25.3 Å². The first-order valence-electron chi connectivity index (χ1n) is 11.8. The third-order valence-corrected chi connectivity index (χ3v) is 6.59. The Kier molecular flexibility index (Phi) is 7.80. The summed E-state index contributed by atoms with van der Waals surface area (Å²) in [4.78, 5) is 26.5. The van der Waals surface area contributed by atoms with Gasteiger partial charge in [0.15, 0.2) is 0 Å². The van der Waals surface area contributed by atoms with Crippen molar-refractivity contribution < 1.29 is 14.7 Å². The van der Waals surface area contributed by atoms with E-state index in [0.717, 1.165) is 22.5 Å².